The van der Waals surface area contributed by atoms with Crippen molar-refractivity contribution in [1.29, 1.82) is 0 Å². The van der Waals surface area contributed by atoms with Crippen LogP contribution >= 0.6 is 0 Å². The number of hydrogen-bond donors (Lipinski definition) is 1. The Morgan fingerprint density at radius 3 is 2.47 bits per heavy atom. The molecule has 0 spiro atoms. The molecule has 170 valence electrons. The average molecular weight is 436 g/mol. The van der Waals surface area contributed by atoms with Gasteiger partial charge in [-0.1, -0.05) is 61.0 Å². The lowest BCUT2D eigenvalue weighted by Gasteiger charge is -2.25. The van der Waals surface area contributed by atoms with Gasteiger partial charge in [-0.2, -0.15) is 0 Å². The molecule has 32 heavy (non-hydrogen) atoms. The van der Waals surface area contributed by atoms with Gasteiger partial charge in [-0.3, -0.25) is 14.4 Å². The number of amides is 3. The molecule has 1 N–H and O–H groups in total. The van der Waals surface area contributed by atoms with E-state index < -0.39 is 0 Å². The zero-order valence-corrected chi connectivity index (χ0v) is 19.3. The minimum absolute atomic E-state index is 0.0377. The first kappa shape index (κ1) is 23.5. The van der Waals surface area contributed by atoms with Crippen LogP contribution in [-0.2, 0) is 20.8 Å². The maximum absolute atomic E-state index is 13.4. The second kappa shape index (κ2) is 10.9. The second-order valence-corrected chi connectivity index (χ2v) is 8.50. The molecule has 0 radical (unpaired) electrons. The Bertz CT molecular complexity index is 955. The predicted octanol–water partition coefficient (Wildman–Crippen LogP) is 3.04. The molecule has 1 aliphatic heterocycles. The van der Waals surface area contributed by atoms with Crippen molar-refractivity contribution in [2.75, 3.05) is 32.7 Å². The van der Waals surface area contributed by atoms with Crippen molar-refractivity contribution in [3.05, 3.63) is 59.7 Å². The number of nitrogens with zero attached hydrogens (tertiary/aromatic N) is 2. The van der Waals surface area contributed by atoms with Gasteiger partial charge in [0.05, 0.1) is 12.5 Å². The molecular formula is C26H33N3O3. The van der Waals surface area contributed by atoms with Crippen molar-refractivity contribution in [3.8, 4) is 11.1 Å². The summed E-state index contributed by atoms with van der Waals surface area (Å²) in [6.45, 7) is 7.53. The lowest BCUT2D eigenvalue weighted by Crippen LogP contribution is -2.42. The highest BCUT2D eigenvalue weighted by molar-refractivity contribution is 5.85. The van der Waals surface area contributed by atoms with Crippen molar-refractivity contribution in [3.63, 3.8) is 0 Å². The summed E-state index contributed by atoms with van der Waals surface area (Å²) in [4.78, 5) is 41.0. The number of benzene rings is 2. The number of carbonyl (C=O) groups excluding carboxylic acids is 3. The van der Waals surface area contributed by atoms with Crippen LogP contribution in [0.3, 0.4) is 0 Å². The fourth-order valence-electron chi connectivity index (χ4n) is 4.21. The number of hydrogen-bond acceptors (Lipinski definition) is 3. The fourth-order valence-corrected chi connectivity index (χ4v) is 4.21. The molecule has 6 heteroatoms. The van der Waals surface area contributed by atoms with Gasteiger partial charge in [0.15, 0.2) is 0 Å². The Kier molecular flexibility index (Phi) is 8.03. The maximum atomic E-state index is 13.4. The summed E-state index contributed by atoms with van der Waals surface area (Å²) in [5.41, 5.74) is 4.54. The standard InChI is InChI=1S/C26H33N3O3/c1-4-13-28-14-15-29(25(31)17-27-20(3)30)18-23(26(28)32)16-22-7-5-6-8-24(22)21-11-9-19(2)10-12-21/h5-12,23H,4,13-18H2,1-3H3,(H,27,30). The van der Waals surface area contributed by atoms with E-state index in [-0.39, 0.29) is 30.2 Å². The molecule has 1 atom stereocenters. The lowest BCUT2D eigenvalue weighted by atomic mass is 9.91. The molecule has 3 rings (SSSR count). The molecule has 0 aromatic heterocycles. The predicted molar refractivity (Wildman–Crippen MR) is 126 cm³/mol. The van der Waals surface area contributed by atoms with Crippen LogP contribution in [0.25, 0.3) is 11.1 Å². The summed E-state index contributed by atoms with van der Waals surface area (Å²) in [6, 6.07) is 16.6. The molecular weight excluding hydrogens is 402 g/mol. The first-order valence-electron chi connectivity index (χ1n) is 11.3. The molecule has 3 amide bonds. The zero-order chi connectivity index (χ0) is 23.1. The lowest BCUT2D eigenvalue weighted by molar-refractivity contribution is -0.135. The van der Waals surface area contributed by atoms with E-state index in [0.29, 0.717) is 32.6 Å². The van der Waals surface area contributed by atoms with E-state index >= 15 is 0 Å². The van der Waals surface area contributed by atoms with Crippen LogP contribution in [0.15, 0.2) is 48.5 Å². The van der Waals surface area contributed by atoms with E-state index in [4.69, 9.17) is 0 Å². The van der Waals surface area contributed by atoms with Crippen LogP contribution in [0.2, 0.25) is 0 Å². The smallest absolute Gasteiger partial charge is 0.242 e. The molecule has 1 heterocycles. The highest BCUT2D eigenvalue weighted by Gasteiger charge is 2.32. The van der Waals surface area contributed by atoms with Crippen molar-refractivity contribution >= 4 is 17.7 Å². The van der Waals surface area contributed by atoms with Gasteiger partial charge >= 0.3 is 0 Å². The fraction of sp³-hybridized carbons (Fsp3) is 0.423. The van der Waals surface area contributed by atoms with Crippen molar-refractivity contribution in [2.24, 2.45) is 5.92 Å². The second-order valence-electron chi connectivity index (χ2n) is 8.50. The third-order valence-electron chi connectivity index (χ3n) is 5.92. The first-order valence-corrected chi connectivity index (χ1v) is 11.3. The summed E-state index contributed by atoms with van der Waals surface area (Å²) in [5.74, 6) is -0.610. The Morgan fingerprint density at radius 1 is 1.06 bits per heavy atom. The largest absolute Gasteiger partial charge is 0.347 e. The number of rotatable bonds is 7. The molecule has 2 aromatic carbocycles. The third-order valence-corrected chi connectivity index (χ3v) is 5.92. The highest BCUT2D eigenvalue weighted by Crippen LogP contribution is 2.27. The molecule has 0 saturated carbocycles. The monoisotopic (exact) mass is 435 g/mol. The highest BCUT2D eigenvalue weighted by atomic mass is 16.2. The Labute approximate surface area is 190 Å². The van der Waals surface area contributed by atoms with E-state index in [2.05, 4.69) is 55.6 Å². The van der Waals surface area contributed by atoms with Gasteiger partial charge in [0.1, 0.15) is 0 Å². The summed E-state index contributed by atoms with van der Waals surface area (Å²) in [7, 11) is 0. The van der Waals surface area contributed by atoms with Crippen molar-refractivity contribution in [2.45, 2.75) is 33.6 Å². The quantitative estimate of drug-likeness (QED) is 0.727. The topological polar surface area (TPSA) is 69.7 Å². The summed E-state index contributed by atoms with van der Waals surface area (Å²) < 4.78 is 0. The third kappa shape index (κ3) is 5.96. The Hall–Kier alpha value is -3.15. The molecule has 1 unspecified atom stereocenters. The van der Waals surface area contributed by atoms with Gasteiger partial charge in [-0.15, -0.1) is 0 Å². The van der Waals surface area contributed by atoms with Gasteiger partial charge in [0.25, 0.3) is 0 Å². The summed E-state index contributed by atoms with van der Waals surface area (Å²) in [5, 5.41) is 2.58. The molecule has 0 bridgehead atoms. The van der Waals surface area contributed by atoms with E-state index in [9.17, 15) is 14.4 Å². The molecule has 1 aliphatic rings. The van der Waals surface area contributed by atoms with Crippen LogP contribution in [0.1, 0.15) is 31.4 Å². The maximum Gasteiger partial charge on any atom is 0.242 e. The minimum Gasteiger partial charge on any atom is -0.347 e. The SMILES string of the molecule is CCCN1CCN(C(=O)CNC(C)=O)CC(Cc2ccccc2-c2ccc(C)cc2)C1=O. The molecule has 0 aliphatic carbocycles. The number of nitrogens with one attached hydrogen (secondary N) is 1. The van der Waals surface area contributed by atoms with Gasteiger partial charge in [0, 0.05) is 33.1 Å². The normalized spacial score (nSPS) is 16.6. The van der Waals surface area contributed by atoms with Gasteiger partial charge in [-0.05, 0) is 36.5 Å². The molecule has 2 aromatic rings. The van der Waals surface area contributed by atoms with Crippen molar-refractivity contribution in [1.82, 2.24) is 15.1 Å². The van der Waals surface area contributed by atoms with E-state index in [1.54, 1.807) is 4.90 Å². The van der Waals surface area contributed by atoms with E-state index in [0.717, 1.165) is 23.1 Å². The zero-order valence-electron chi connectivity index (χ0n) is 19.3. The van der Waals surface area contributed by atoms with E-state index in [1.165, 1.54) is 12.5 Å². The van der Waals surface area contributed by atoms with Gasteiger partial charge in [-0.25, -0.2) is 0 Å². The Morgan fingerprint density at radius 2 is 1.78 bits per heavy atom. The molecule has 1 saturated heterocycles. The van der Waals surface area contributed by atoms with Crippen LogP contribution in [0, 0.1) is 12.8 Å². The molecule has 1 fully saturated rings. The average Bonchev–Trinajstić information content (AvgIpc) is 2.93. The number of aryl methyl sites for hydroxylation is 1. The summed E-state index contributed by atoms with van der Waals surface area (Å²) >= 11 is 0. The van der Waals surface area contributed by atoms with Crippen LogP contribution in [-0.4, -0.2) is 60.2 Å². The van der Waals surface area contributed by atoms with Crippen LogP contribution < -0.4 is 5.32 Å². The minimum atomic E-state index is -0.322. The van der Waals surface area contributed by atoms with Crippen LogP contribution in [0.5, 0.6) is 0 Å². The van der Waals surface area contributed by atoms with Gasteiger partial charge < -0.3 is 15.1 Å². The number of carbonyl (C=O) groups is 3. The van der Waals surface area contributed by atoms with Crippen LogP contribution in [0.4, 0.5) is 0 Å². The first-order chi connectivity index (χ1) is 15.4. The summed E-state index contributed by atoms with van der Waals surface area (Å²) in [6.07, 6.45) is 1.44. The van der Waals surface area contributed by atoms with Gasteiger partial charge in [0.2, 0.25) is 17.7 Å². The van der Waals surface area contributed by atoms with E-state index in [1.807, 2.05) is 17.0 Å². The van der Waals surface area contributed by atoms with Crippen molar-refractivity contribution < 1.29 is 14.4 Å². The molecule has 6 nitrogen and oxygen atoms in total. The Balaban J connectivity index is 1.86.